The molecule has 23 heavy (non-hydrogen) atoms. The van der Waals surface area contributed by atoms with Crippen LogP contribution in [0.5, 0.6) is 0 Å². The van der Waals surface area contributed by atoms with Crippen molar-refractivity contribution in [1.29, 1.82) is 0 Å². The second-order valence-electron chi connectivity index (χ2n) is 5.91. The van der Waals surface area contributed by atoms with E-state index in [2.05, 4.69) is 0 Å². The molecular formula is C16H23FN2O3S. The van der Waals surface area contributed by atoms with E-state index in [9.17, 15) is 17.6 Å². The zero-order valence-electron chi connectivity index (χ0n) is 13.4. The number of hydrogen-bond donors (Lipinski definition) is 0. The maximum atomic E-state index is 12.9. The number of benzene rings is 1. The van der Waals surface area contributed by atoms with Crippen LogP contribution in [-0.2, 0) is 21.2 Å². The van der Waals surface area contributed by atoms with E-state index in [1.165, 1.54) is 16.4 Å². The van der Waals surface area contributed by atoms with Gasteiger partial charge < -0.3 is 4.90 Å². The van der Waals surface area contributed by atoms with Crippen molar-refractivity contribution in [2.45, 2.75) is 25.7 Å². The fraction of sp³-hybridized carbons (Fsp3) is 0.562. The lowest BCUT2D eigenvalue weighted by molar-refractivity contribution is -0.132. The van der Waals surface area contributed by atoms with Gasteiger partial charge in [-0.15, -0.1) is 0 Å². The van der Waals surface area contributed by atoms with E-state index in [4.69, 9.17) is 0 Å². The highest BCUT2D eigenvalue weighted by Gasteiger charge is 2.24. The fourth-order valence-corrected chi connectivity index (χ4v) is 3.43. The minimum atomic E-state index is -3.47. The number of amides is 1. The summed E-state index contributed by atoms with van der Waals surface area (Å²) in [7, 11) is -3.47. The second kappa shape index (κ2) is 7.88. The number of nitrogens with zero attached hydrogens (tertiary/aromatic N) is 2. The van der Waals surface area contributed by atoms with Crippen LogP contribution >= 0.6 is 0 Å². The van der Waals surface area contributed by atoms with Crippen molar-refractivity contribution >= 4 is 15.9 Å². The summed E-state index contributed by atoms with van der Waals surface area (Å²) < 4.78 is 37.9. The first kappa shape index (κ1) is 17.9. The highest BCUT2D eigenvalue weighted by molar-refractivity contribution is 7.88. The zero-order valence-corrected chi connectivity index (χ0v) is 14.2. The molecule has 1 aromatic rings. The fourth-order valence-electron chi connectivity index (χ4n) is 2.66. The van der Waals surface area contributed by atoms with Gasteiger partial charge in [0.15, 0.2) is 0 Å². The minimum absolute atomic E-state index is 0.125. The van der Waals surface area contributed by atoms with E-state index in [0.717, 1.165) is 31.1 Å². The summed E-state index contributed by atoms with van der Waals surface area (Å²) in [6, 6.07) is 5.95. The summed E-state index contributed by atoms with van der Waals surface area (Å²) in [6.07, 6.45) is 4.62. The predicted molar refractivity (Wildman–Crippen MR) is 87.0 cm³/mol. The third-order valence-corrected chi connectivity index (χ3v) is 5.30. The number of carbonyl (C=O) groups is 1. The van der Waals surface area contributed by atoms with Crippen LogP contribution in [0.15, 0.2) is 24.3 Å². The van der Waals surface area contributed by atoms with Gasteiger partial charge in [-0.05, 0) is 43.4 Å². The lowest BCUT2D eigenvalue weighted by atomic mass is 10.1. The maximum Gasteiger partial charge on any atom is 0.237 e. The largest absolute Gasteiger partial charge is 0.342 e. The number of carbonyl (C=O) groups excluding carboxylic acids is 1. The summed E-state index contributed by atoms with van der Waals surface area (Å²) in [4.78, 5) is 14.0. The molecule has 5 nitrogen and oxygen atoms in total. The number of likely N-dealkylation sites (tertiary alicyclic amines) is 1. The van der Waals surface area contributed by atoms with Gasteiger partial charge in [0.25, 0.3) is 0 Å². The van der Waals surface area contributed by atoms with Gasteiger partial charge in [-0.2, -0.15) is 4.31 Å². The second-order valence-corrected chi connectivity index (χ2v) is 7.90. The lowest BCUT2D eigenvalue weighted by Crippen LogP contribution is -2.45. The van der Waals surface area contributed by atoms with Crippen LogP contribution in [0.1, 0.15) is 24.8 Å². The van der Waals surface area contributed by atoms with Gasteiger partial charge in [-0.3, -0.25) is 4.79 Å². The smallest absolute Gasteiger partial charge is 0.237 e. The van der Waals surface area contributed by atoms with Crippen LogP contribution in [0.2, 0.25) is 0 Å². The van der Waals surface area contributed by atoms with E-state index in [1.54, 1.807) is 17.0 Å². The average Bonchev–Trinajstić information content (AvgIpc) is 2.52. The molecule has 1 aromatic carbocycles. The third-order valence-electron chi connectivity index (χ3n) is 4.05. The van der Waals surface area contributed by atoms with Crippen LogP contribution < -0.4 is 0 Å². The highest BCUT2D eigenvalue weighted by atomic mass is 32.2. The Morgan fingerprint density at radius 3 is 2.35 bits per heavy atom. The first-order valence-corrected chi connectivity index (χ1v) is 9.68. The Bertz CT molecular complexity index is 625. The molecule has 1 amide bonds. The van der Waals surface area contributed by atoms with E-state index in [0.29, 0.717) is 19.5 Å². The minimum Gasteiger partial charge on any atom is -0.342 e. The molecular weight excluding hydrogens is 319 g/mol. The summed E-state index contributed by atoms with van der Waals surface area (Å²) in [5.74, 6) is -0.469. The molecule has 7 heteroatoms. The van der Waals surface area contributed by atoms with Gasteiger partial charge in [0.05, 0.1) is 12.8 Å². The molecule has 0 aliphatic carbocycles. The summed E-state index contributed by atoms with van der Waals surface area (Å²) in [5, 5.41) is 0. The van der Waals surface area contributed by atoms with E-state index >= 15 is 0 Å². The van der Waals surface area contributed by atoms with E-state index in [1.807, 2.05) is 0 Å². The molecule has 0 bridgehead atoms. The zero-order chi connectivity index (χ0) is 16.9. The highest BCUT2D eigenvalue weighted by Crippen LogP contribution is 2.11. The lowest BCUT2D eigenvalue weighted by Gasteiger charge is -2.29. The van der Waals surface area contributed by atoms with Crippen LogP contribution in [0.4, 0.5) is 4.39 Å². The molecule has 1 heterocycles. The van der Waals surface area contributed by atoms with Gasteiger partial charge in [0.2, 0.25) is 15.9 Å². The van der Waals surface area contributed by atoms with Crippen LogP contribution in [0.3, 0.4) is 0 Å². The monoisotopic (exact) mass is 342 g/mol. The molecule has 0 saturated carbocycles. The molecule has 0 aromatic heterocycles. The van der Waals surface area contributed by atoms with Gasteiger partial charge in [-0.25, -0.2) is 12.8 Å². The maximum absolute atomic E-state index is 12.9. The van der Waals surface area contributed by atoms with Crippen LogP contribution in [-0.4, -0.2) is 56.0 Å². The summed E-state index contributed by atoms with van der Waals surface area (Å²) in [5.41, 5.74) is 0.838. The van der Waals surface area contributed by atoms with Crippen molar-refractivity contribution in [3.63, 3.8) is 0 Å². The Hall–Kier alpha value is -1.47. The molecule has 1 aliphatic heterocycles. The number of rotatable bonds is 6. The van der Waals surface area contributed by atoms with Crippen molar-refractivity contribution in [2.75, 3.05) is 32.4 Å². The van der Waals surface area contributed by atoms with Gasteiger partial charge in [0.1, 0.15) is 5.82 Å². The first-order valence-electron chi connectivity index (χ1n) is 7.83. The SMILES string of the molecule is CS(=O)(=O)N(CCc1ccc(F)cc1)CC(=O)N1CCCCC1. The Labute approximate surface area is 137 Å². The van der Waals surface area contributed by atoms with Crippen molar-refractivity contribution in [3.8, 4) is 0 Å². The number of halogens is 1. The Balaban J connectivity index is 1.96. The number of piperidine rings is 1. The summed E-state index contributed by atoms with van der Waals surface area (Å²) in [6.45, 7) is 1.49. The molecule has 0 spiro atoms. The third kappa shape index (κ3) is 5.58. The van der Waals surface area contributed by atoms with Crippen molar-refractivity contribution in [1.82, 2.24) is 9.21 Å². The predicted octanol–water partition coefficient (Wildman–Crippen LogP) is 1.64. The normalized spacial score (nSPS) is 15.9. The Morgan fingerprint density at radius 1 is 1.17 bits per heavy atom. The van der Waals surface area contributed by atoms with Gasteiger partial charge in [0, 0.05) is 19.6 Å². The van der Waals surface area contributed by atoms with Crippen molar-refractivity contribution < 1.29 is 17.6 Å². The topological polar surface area (TPSA) is 57.7 Å². The van der Waals surface area contributed by atoms with Gasteiger partial charge >= 0.3 is 0 Å². The molecule has 0 N–H and O–H groups in total. The average molecular weight is 342 g/mol. The number of hydrogen-bond acceptors (Lipinski definition) is 3. The molecule has 1 fully saturated rings. The molecule has 0 radical (unpaired) electrons. The molecule has 2 rings (SSSR count). The van der Waals surface area contributed by atoms with Gasteiger partial charge in [-0.1, -0.05) is 12.1 Å². The summed E-state index contributed by atoms with van der Waals surface area (Å²) >= 11 is 0. The molecule has 1 aliphatic rings. The van der Waals surface area contributed by atoms with Crippen molar-refractivity contribution in [2.24, 2.45) is 0 Å². The van der Waals surface area contributed by atoms with Crippen LogP contribution in [0.25, 0.3) is 0 Å². The Kier molecular flexibility index (Phi) is 6.12. The molecule has 128 valence electrons. The standard InChI is InChI=1S/C16H23FN2O3S/c1-23(21,22)19(12-9-14-5-7-15(17)8-6-14)13-16(20)18-10-3-2-4-11-18/h5-8H,2-4,9-13H2,1H3. The molecule has 1 saturated heterocycles. The number of sulfonamides is 1. The Morgan fingerprint density at radius 2 is 1.78 bits per heavy atom. The van der Waals surface area contributed by atoms with Crippen molar-refractivity contribution in [3.05, 3.63) is 35.6 Å². The quantitative estimate of drug-likeness (QED) is 0.790. The molecule has 0 unspecified atom stereocenters. The molecule has 0 atom stereocenters. The van der Waals surface area contributed by atoms with E-state index in [-0.39, 0.29) is 24.8 Å². The van der Waals surface area contributed by atoms with E-state index < -0.39 is 10.0 Å². The van der Waals surface area contributed by atoms with Crippen LogP contribution in [0, 0.1) is 5.82 Å². The first-order chi connectivity index (χ1) is 10.9.